The molecule has 7 nitrogen and oxygen atoms in total. The number of para-hydroxylation sites is 2. The molecule has 1 aliphatic heterocycles. The number of nitrogens with one attached hydrogen (secondary N) is 2. The van der Waals surface area contributed by atoms with E-state index in [0.717, 1.165) is 30.8 Å². The van der Waals surface area contributed by atoms with Crippen LogP contribution in [0.2, 0.25) is 0 Å². The Morgan fingerprint density at radius 3 is 2.60 bits per heavy atom. The lowest BCUT2D eigenvalue weighted by Gasteiger charge is -2.14. The van der Waals surface area contributed by atoms with Crippen molar-refractivity contribution in [2.24, 2.45) is 0 Å². The number of nitrogens with zero attached hydrogens (tertiary/aromatic N) is 2. The molecule has 30 heavy (non-hydrogen) atoms. The minimum absolute atomic E-state index is 0.0576. The van der Waals surface area contributed by atoms with Gasteiger partial charge in [-0.15, -0.1) is 0 Å². The van der Waals surface area contributed by atoms with Gasteiger partial charge in [0.15, 0.2) is 0 Å². The van der Waals surface area contributed by atoms with E-state index in [1.807, 2.05) is 37.3 Å². The summed E-state index contributed by atoms with van der Waals surface area (Å²) in [6, 6.07) is 16.6. The van der Waals surface area contributed by atoms with E-state index in [2.05, 4.69) is 15.7 Å². The van der Waals surface area contributed by atoms with Gasteiger partial charge >= 0.3 is 0 Å². The van der Waals surface area contributed by atoms with Gasteiger partial charge in [0.1, 0.15) is 0 Å². The van der Waals surface area contributed by atoms with Crippen molar-refractivity contribution in [3.8, 4) is 5.69 Å². The van der Waals surface area contributed by atoms with Crippen LogP contribution in [0.5, 0.6) is 0 Å². The van der Waals surface area contributed by atoms with Gasteiger partial charge in [0.2, 0.25) is 0 Å². The third-order valence-electron chi connectivity index (χ3n) is 5.19. The Morgan fingerprint density at radius 1 is 1.07 bits per heavy atom. The molecular formula is C23H24N4O3. The molecule has 3 aromatic rings. The zero-order chi connectivity index (χ0) is 20.9. The predicted molar refractivity (Wildman–Crippen MR) is 114 cm³/mol. The molecule has 2 heterocycles. The fourth-order valence-corrected chi connectivity index (χ4v) is 3.55. The topological polar surface area (TPSA) is 85.2 Å². The highest BCUT2D eigenvalue weighted by molar-refractivity contribution is 6.09. The number of anilines is 1. The van der Waals surface area contributed by atoms with Crippen molar-refractivity contribution in [2.75, 3.05) is 18.5 Å². The SMILES string of the molecule is Cc1c(C(=O)Nc2ccccc2C(=O)NCC2CCCO2)cnn1-c1ccccc1. The number of aromatic nitrogens is 2. The van der Waals surface area contributed by atoms with Crippen LogP contribution in [-0.2, 0) is 4.74 Å². The number of hydrogen-bond acceptors (Lipinski definition) is 4. The lowest BCUT2D eigenvalue weighted by Crippen LogP contribution is -2.32. The Bertz CT molecular complexity index is 1040. The van der Waals surface area contributed by atoms with Crippen molar-refractivity contribution in [3.05, 3.63) is 77.6 Å². The van der Waals surface area contributed by atoms with Gasteiger partial charge < -0.3 is 15.4 Å². The molecule has 2 amide bonds. The number of rotatable bonds is 6. The number of ether oxygens (including phenoxy) is 1. The van der Waals surface area contributed by atoms with Gasteiger partial charge in [-0.05, 0) is 44.0 Å². The molecular weight excluding hydrogens is 380 g/mol. The molecule has 154 valence electrons. The molecule has 4 rings (SSSR count). The van der Waals surface area contributed by atoms with Crippen molar-refractivity contribution in [2.45, 2.75) is 25.9 Å². The second-order valence-electron chi connectivity index (χ2n) is 7.24. The van der Waals surface area contributed by atoms with Gasteiger partial charge in [0.05, 0.1) is 40.5 Å². The van der Waals surface area contributed by atoms with Crippen molar-refractivity contribution >= 4 is 17.5 Å². The monoisotopic (exact) mass is 404 g/mol. The van der Waals surface area contributed by atoms with Crippen LogP contribution in [0.3, 0.4) is 0 Å². The molecule has 1 aliphatic rings. The van der Waals surface area contributed by atoms with E-state index in [1.54, 1.807) is 28.9 Å². The van der Waals surface area contributed by atoms with E-state index in [0.29, 0.717) is 23.4 Å². The second-order valence-corrected chi connectivity index (χ2v) is 7.24. The molecule has 2 aromatic carbocycles. The molecule has 1 saturated heterocycles. The first-order valence-corrected chi connectivity index (χ1v) is 10.0. The summed E-state index contributed by atoms with van der Waals surface area (Å²) in [7, 11) is 0. The van der Waals surface area contributed by atoms with E-state index in [9.17, 15) is 9.59 Å². The Hall–Kier alpha value is -3.45. The van der Waals surface area contributed by atoms with Crippen molar-refractivity contribution in [1.82, 2.24) is 15.1 Å². The summed E-state index contributed by atoms with van der Waals surface area (Å²) in [5, 5.41) is 10.1. The number of amides is 2. The summed E-state index contributed by atoms with van der Waals surface area (Å²) in [4.78, 5) is 25.6. The lowest BCUT2D eigenvalue weighted by molar-refractivity contribution is 0.0858. The standard InChI is InChI=1S/C23H24N4O3/c1-16-20(15-25-27(16)17-8-3-2-4-9-17)23(29)26-21-12-6-5-11-19(21)22(28)24-14-18-10-7-13-30-18/h2-6,8-9,11-12,15,18H,7,10,13-14H2,1H3,(H,24,28)(H,26,29). The summed E-state index contributed by atoms with van der Waals surface area (Å²) in [6.45, 7) is 3.04. The third-order valence-corrected chi connectivity index (χ3v) is 5.19. The largest absolute Gasteiger partial charge is 0.376 e. The molecule has 0 radical (unpaired) electrons. The average Bonchev–Trinajstić information content (AvgIpc) is 3.42. The Morgan fingerprint density at radius 2 is 1.83 bits per heavy atom. The van der Waals surface area contributed by atoms with Crippen LogP contribution in [0, 0.1) is 6.92 Å². The highest BCUT2D eigenvalue weighted by Gasteiger charge is 2.20. The van der Waals surface area contributed by atoms with Crippen molar-refractivity contribution < 1.29 is 14.3 Å². The first-order chi connectivity index (χ1) is 14.6. The minimum Gasteiger partial charge on any atom is -0.376 e. The Kier molecular flexibility index (Phi) is 5.90. The number of benzene rings is 2. The number of hydrogen-bond donors (Lipinski definition) is 2. The molecule has 1 aromatic heterocycles. The van der Waals surface area contributed by atoms with Crippen LogP contribution in [-0.4, -0.2) is 40.9 Å². The molecule has 1 fully saturated rings. The summed E-state index contributed by atoms with van der Waals surface area (Å²) in [6.07, 6.45) is 3.56. The van der Waals surface area contributed by atoms with Gasteiger partial charge in [-0.1, -0.05) is 30.3 Å². The van der Waals surface area contributed by atoms with E-state index < -0.39 is 0 Å². The second kappa shape index (κ2) is 8.92. The van der Waals surface area contributed by atoms with E-state index in [1.165, 1.54) is 6.20 Å². The zero-order valence-electron chi connectivity index (χ0n) is 16.8. The van der Waals surface area contributed by atoms with Gasteiger partial charge in [0.25, 0.3) is 11.8 Å². The van der Waals surface area contributed by atoms with Gasteiger partial charge in [-0.2, -0.15) is 5.10 Å². The molecule has 0 aliphatic carbocycles. The number of carbonyl (C=O) groups is 2. The smallest absolute Gasteiger partial charge is 0.259 e. The summed E-state index contributed by atoms with van der Waals surface area (Å²) < 4.78 is 7.27. The van der Waals surface area contributed by atoms with Gasteiger partial charge in [0, 0.05) is 13.2 Å². The van der Waals surface area contributed by atoms with E-state index in [-0.39, 0.29) is 17.9 Å². The van der Waals surface area contributed by atoms with Crippen LogP contribution in [0.1, 0.15) is 39.3 Å². The molecule has 0 spiro atoms. The summed E-state index contributed by atoms with van der Waals surface area (Å²) in [5.74, 6) is -0.549. The maximum atomic E-state index is 12.9. The van der Waals surface area contributed by atoms with Crippen molar-refractivity contribution in [1.29, 1.82) is 0 Å². The summed E-state index contributed by atoms with van der Waals surface area (Å²) >= 11 is 0. The lowest BCUT2D eigenvalue weighted by atomic mass is 10.1. The normalized spacial score (nSPS) is 15.7. The number of carbonyl (C=O) groups excluding carboxylic acids is 2. The van der Waals surface area contributed by atoms with Crippen LogP contribution < -0.4 is 10.6 Å². The van der Waals surface area contributed by atoms with E-state index in [4.69, 9.17) is 4.74 Å². The first kappa shape index (κ1) is 19.8. The fourth-order valence-electron chi connectivity index (χ4n) is 3.55. The van der Waals surface area contributed by atoms with E-state index >= 15 is 0 Å². The maximum absolute atomic E-state index is 12.9. The minimum atomic E-state index is -0.311. The van der Waals surface area contributed by atoms with Crippen LogP contribution in [0.4, 0.5) is 5.69 Å². The van der Waals surface area contributed by atoms with Gasteiger partial charge in [-0.3, -0.25) is 9.59 Å². The molecule has 7 heteroatoms. The fraction of sp³-hybridized carbons (Fsp3) is 0.261. The Labute approximate surface area is 175 Å². The maximum Gasteiger partial charge on any atom is 0.259 e. The highest BCUT2D eigenvalue weighted by Crippen LogP contribution is 2.19. The molecule has 0 bridgehead atoms. The van der Waals surface area contributed by atoms with Gasteiger partial charge in [-0.25, -0.2) is 4.68 Å². The third kappa shape index (κ3) is 4.26. The zero-order valence-corrected chi connectivity index (χ0v) is 16.8. The Balaban J connectivity index is 1.49. The average molecular weight is 404 g/mol. The molecule has 2 N–H and O–H groups in total. The van der Waals surface area contributed by atoms with Crippen LogP contribution in [0.15, 0.2) is 60.8 Å². The highest BCUT2D eigenvalue weighted by atomic mass is 16.5. The molecule has 1 unspecified atom stereocenters. The molecule has 1 atom stereocenters. The predicted octanol–water partition coefficient (Wildman–Crippen LogP) is 3.34. The molecule has 0 saturated carbocycles. The first-order valence-electron chi connectivity index (χ1n) is 10.0. The summed E-state index contributed by atoms with van der Waals surface area (Å²) in [5.41, 5.74) is 2.92. The quantitative estimate of drug-likeness (QED) is 0.660. The van der Waals surface area contributed by atoms with Crippen LogP contribution >= 0.6 is 0 Å². The van der Waals surface area contributed by atoms with Crippen LogP contribution in [0.25, 0.3) is 5.69 Å². The van der Waals surface area contributed by atoms with Crippen molar-refractivity contribution in [3.63, 3.8) is 0 Å².